The molecule has 0 unspecified atom stereocenters. The molecule has 1 aliphatic carbocycles. The molecule has 2 rings (SSSR count). The zero-order chi connectivity index (χ0) is 11.7. The maximum Gasteiger partial charge on any atom is 0.270 e. The minimum Gasteiger partial charge on any atom is -0.397 e. The van der Waals surface area contributed by atoms with E-state index in [1.54, 1.807) is 21.7 Å². The number of hydrogen-bond donors (Lipinski definition) is 1. The predicted molar refractivity (Wildman–Crippen MR) is 64.1 cm³/mol. The highest BCUT2D eigenvalue weighted by Crippen LogP contribution is 2.27. The second-order valence-corrected chi connectivity index (χ2v) is 4.75. The number of hydrogen-bond acceptors (Lipinski definition) is 2. The van der Waals surface area contributed by atoms with E-state index >= 15 is 0 Å². The van der Waals surface area contributed by atoms with E-state index in [1.165, 1.54) is 19.3 Å². The summed E-state index contributed by atoms with van der Waals surface area (Å²) >= 11 is 0. The van der Waals surface area contributed by atoms with Gasteiger partial charge in [-0.05, 0) is 24.8 Å². The Bertz CT molecular complexity index is 393. The first-order valence-electron chi connectivity index (χ1n) is 5.75. The molecule has 88 valence electrons. The van der Waals surface area contributed by atoms with Crippen LogP contribution in [-0.2, 0) is 7.05 Å². The van der Waals surface area contributed by atoms with Crippen molar-refractivity contribution >= 4 is 11.6 Å². The molecule has 1 aromatic rings. The van der Waals surface area contributed by atoms with Crippen molar-refractivity contribution in [2.45, 2.75) is 19.3 Å². The number of aromatic nitrogens is 1. The van der Waals surface area contributed by atoms with Gasteiger partial charge in [-0.25, -0.2) is 0 Å². The van der Waals surface area contributed by atoms with Crippen molar-refractivity contribution < 1.29 is 4.79 Å². The van der Waals surface area contributed by atoms with Crippen LogP contribution in [0.1, 0.15) is 29.8 Å². The molecule has 1 aliphatic rings. The summed E-state index contributed by atoms with van der Waals surface area (Å²) in [6.45, 7) is 0.865. The first kappa shape index (κ1) is 11.0. The van der Waals surface area contributed by atoms with Crippen LogP contribution >= 0.6 is 0 Å². The number of amides is 1. The van der Waals surface area contributed by atoms with E-state index in [0.717, 1.165) is 6.54 Å². The minimum absolute atomic E-state index is 0.0612. The van der Waals surface area contributed by atoms with Crippen LogP contribution < -0.4 is 5.73 Å². The zero-order valence-electron chi connectivity index (χ0n) is 9.94. The fourth-order valence-electron chi connectivity index (χ4n) is 2.14. The molecule has 4 nitrogen and oxygen atoms in total. The van der Waals surface area contributed by atoms with Crippen LogP contribution in [0.2, 0.25) is 0 Å². The van der Waals surface area contributed by atoms with Gasteiger partial charge in [-0.15, -0.1) is 0 Å². The van der Waals surface area contributed by atoms with Crippen LogP contribution in [0.4, 0.5) is 5.69 Å². The van der Waals surface area contributed by atoms with Gasteiger partial charge in [0.1, 0.15) is 5.69 Å². The summed E-state index contributed by atoms with van der Waals surface area (Å²) in [7, 11) is 3.71. The summed E-state index contributed by atoms with van der Waals surface area (Å²) < 4.78 is 1.79. The van der Waals surface area contributed by atoms with E-state index in [2.05, 4.69) is 0 Å². The third-order valence-electron chi connectivity index (χ3n) is 3.35. The largest absolute Gasteiger partial charge is 0.397 e. The third kappa shape index (κ3) is 2.05. The number of carbonyl (C=O) groups excluding carboxylic acids is 1. The Balaban J connectivity index is 2.02. The summed E-state index contributed by atoms with van der Waals surface area (Å²) in [5.74, 6) is 0.762. The molecule has 1 amide bonds. The fourth-order valence-corrected chi connectivity index (χ4v) is 2.14. The third-order valence-corrected chi connectivity index (χ3v) is 3.35. The molecular weight excluding hydrogens is 202 g/mol. The topological polar surface area (TPSA) is 51.3 Å². The standard InChI is InChI=1S/C12H19N3O/c1-14-8-10(13)6-11(14)12(16)15(2)7-9-4-3-5-9/h6,8-9H,3-5,7,13H2,1-2H3. The number of nitrogens with two attached hydrogens (primary N) is 1. The van der Waals surface area contributed by atoms with Crippen LogP contribution in [-0.4, -0.2) is 29.0 Å². The Hall–Kier alpha value is -1.45. The monoisotopic (exact) mass is 221 g/mol. The van der Waals surface area contributed by atoms with Gasteiger partial charge >= 0.3 is 0 Å². The molecule has 0 atom stereocenters. The van der Waals surface area contributed by atoms with Crippen LogP contribution in [0, 0.1) is 5.92 Å². The van der Waals surface area contributed by atoms with Crippen molar-refractivity contribution in [1.82, 2.24) is 9.47 Å². The van der Waals surface area contributed by atoms with Gasteiger partial charge in [0.15, 0.2) is 0 Å². The van der Waals surface area contributed by atoms with E-state index in [0.29, 0.717) is 17.3 Å². The molecule has 1 aromatic heterocycles. The lowest BCUT2D eigenvalue weighted by molar-refractivity contribution is 0.0736. The lowest BCUT2D eigenvalue weighted by Crippen LogP contribution is -2.35. The molecule has 16 heavy (non-hydrogen) atoms. The van der Waals surface area contributed by atoms with Crippen molar-refractivity contribution in [3.63, 3.8) is 0 Å². The Morgan fingerprint density at radius 2 is 2.31 bits per heavy atom. The molecule has 0 radical (unpaired) electrons. The molecule has 4 heteroatoms. The number of rotatable bonds is 3. The van der Waals surface area contributed by atoms with Gasteiger partial charge in [0.2, 0.25) is 0 Å². The Morgan fingerprint density at radius 1 is 1.62 bits per heavy atom. The highest BCUT2D eigenvalue weighted by molar-refractivity contribution is 5.93. The number of nitrogen functional groups attached to an aromatic ring is 1. The van der Waals surface area contributed by atoms with E-state index in [4.69, 9.17) is 5.73 Å². The van der Waals surface area contributed by atoms with Gasteiger partial charge in [0.05, 0.1) is 5.69 Å². The zero-order valence-corrected chi connectivity index (χ0v) is 9.94. The number of anilines is 1. The maximum absolute atomic E-state index is 12.1. The molecule has 1 fully saturated rings. The average Bonchev–Trinajstić information content (AvgIpc) is 2.50. The van der Waals surface area contributed by atoms with Gasteiger partial charge in [0.25, 0.3) is 5.91 Å². The lowest BCUT2D eigenvalue weighted by atomic mass is 9.85. The van der Waals surface area contributed by atoms with Gasteiger partial charge in [-0.2, -0.15) is 0 Å². The quantitative estimate of drug-likeness (QED) is 0.840. The van der Waals surface area contributed by atoms with Crippen molar-refractivity contribution in [1.29, 1.82) is 0 Å². The van der Waals surface area contributed by atoms with Crippen LogP contribution in [0.5, 0.6) is 0 Å². The van der Waals surface area contributed by atoms with Crippen molar-refractivity contribution in [2.75, 3.05) is 19.3 Å². The summed E-state index contributed by atoms with van der Waals surface area (Å²) in [6.07, 6.45) is 5.59. The molecule has 1 heterocycles. The molecule has 0 bridgehead atoms. The number of aryl methyl sites for hydroxylation is 1. The van der Waals surface area contributed by atoms with Crippen molar-refractivity contribution in [2.24, 2.45) is 13.0 Å². The molecular formula is C12H19N3O. The lowest BCUT2D eigenvalue weighted by Gasteiger charge is -2.30. The minimum atomic E-state index is 0.0612. The van der Waals surface area contributed by atoms with Crippen molar-refractivity contribution in [3.05, 3.63) is 18.0 Å². The van der Waals surface area contributed by atoms with E-state index < -0.39 is 0 Å². The first-order valence-corrected chi connectivity index (χ1v) is 5.75. The molecule has 0 aliphatic heterocycles. The Labute approximate surface area is 96.0 Å². The van der Waals surface area contributed by atoms with Crippen molar-refractivity contribution in [3.8, 4) is 0 Å². The van der Waals surface area contributed by atoms with Gasteiger partial charge < -0.3 is 15.2 Å². The van der Waals surface area contributed by atoms with Crippen LogP contribution in [0.3, 0.4) is 0 Å². The molecule has 0 spiro atoms. The highest BCUT2D eigenvalue weighted by Gasteiger charge is 2.23. The van der Waals surface area contributed by atoms with Crippen LogP contribution in [0.25, 0.3) is 0 Å². The van der Waals surface area contributed by atoms with E-state index in [9.17, 15) is 4.79 Å². The molecule has 1 saturated carbocycles. The summed E-state index contributed by atoms with van der Waals surface area (Å²) in [4.78, 5) is 13.9. The summed E-state index contributed by atoms with van der Waals surface area (Å²) in [5, 5.41) is 0. The van der Waals surface area contributed by atoms with Gasteiger partial charge in [0, 0.05) is 26.8 Å². The average molecular weight is 221 g/mol. The fraction of sp³-hybridized carbons (Fsp3) is 0.583. The Kier molecular flexibility index (Phi) is 2.90. The maximum atomic E-state index is 12.1. The molecule has 2 N–H and O–H groups in total. The predicted octanol–water partition coefficient (Wildman–Crippen LogP) is 1.48. The Morgan fingerprint density at radius 3 is 2.75 bits per heavy atom. The molecule has 0 saturated heterocycles. The van der Waals surface area contributed by atoms with Gasteiger partial charge in [-0.1, -0.05) is 6.42 Å². The normalized spacial score (nSPS) is 15.9. The van der Waals surface area contributed by atoms with E-state index in [1.807, 2.05) is 14.1 Å². The molecule has 0 aromatic carbocycles. The SMILES string of the molecule is CN(CC1CCC1)C(=O)c1cc(N)cn1C. The first-order chi connectivity index (χ1) is 7.58. The van der Waals surface area contributed by atoms with Crippen LogP contribution in [0.15, 0.2) is 12.3 Å². The second-order valence-electron chi connectivity index (χ2n) is 4.75. The number of nitrogens with zero attached hydrogens (tertiary/aromatic N) is 2. The summed E-state index contributed by atoms with van der Waals surface area (Å²) in [5.41, 5.74) is 6.97. The van der Waals surface area contributed by atoms with E-state index in [-0.39, 0.29) is 5.91 Å². The smallest absolute Gasteiger partial charge is 0.270 e. The number of carbonyl (C=O) groups is 1. The highest BCUT2D eigenvalue weighted by atomic mass is 16.2. The summed E-state index contributed by atoms with van der Waals surface area (Å²) in [6, 6.07) is 1.74. The van der Waals surface area contributed by atoms with Gasteiger partial charge in [-0.3, -0.25) is 4.79 Å². The second kappa shape index (κ2) is 4.20.